The van der Waals surface area contributed by atoms with E-state index in [-0.39, 0.29) is 17.7 Å². The molecule has 0 fully saturated rings. The van der Waals surface area contributed by atoms with Crippen LogP contribution in [0.5, 0.6) is 0 Å². The Labute approximate surface area is 130 Å². The summed E-state index contributed by atoms with van der Waals surface area (Å²) in [4.78, 5) is 28.6. The highest BCUT2D eigenvalue weighted by Crippen LogP contribution is 2.25. The van der Waals surface area contributed by atoms with Crippen LogP contribution in [-0.4, -0.2) is 29.7 Å². The van der Waals surface area contributed by atoms with Gasteiger partial charge >= 0.3 is 0 Å². The van der Waals surface area contributed by atoms with Crippen molar-refractivity contribution in [2.75, 3.05) is 6.54 Å². The third-order valence-electron chi connectivity index (χ3n) is 4.02. The lowest BCUT2D eigenvalue weighted by Gasteiger charge is -2.27. The molecule has 5 heteroatoms. The molecule has 1 aliphatic rings. The number of hydrogen-bond acceptors (Lipinski definition) is 3. The van der Waals surface area contributed by atoms with Gasteiger partial charge in [-0.2, -0.15) is 4.99 Å². The van der Waals surface area contributed by atoms with Crippen molar-refractivity contribution in [1.29, 1.82) is 0 Å². The number of rotatable bonds is 5. The Morgan fingerprint density at radius 1 is 1.45 bits per heavy atom. The van der Waals surface area contributed by atoms with Crippen molar-refractivity contribution in [3.63, 3.8) is 0 Å². The fourth-order valence-corrected chi connectivity index (χ4v) is 2.21. The SMILES string of the molecule is C=CCNC(=O)c1ccccc1C1=NC(=O)C(C)(C(C)C)N1. The molecule has 5 nitrogen and oxygen atoms in total. The zero-order chi connectivity index (χ0) is 16.3. The van der Waals surface area contributed by atoms with Gasteiger partial charge in [-0.05, 0) is 18.9 Å². The van der Waals surface area contributed by atoms with Crippen molar-refractivity contribution in [1.82, 2.24) is 10.6 Å². The van der Waals surface area contributed by atoms with Crippen molar-refractivity contribution >= 4 is 17.6 Å². The van der Waals surface area contributed by atoms with E-state index in [4.69, 9.17) is 0 Å². The van der Waals surface area contributed by atoms with E-state index in [1.807, 2.05) is 26.8 Å². The first-order valence-corrected chi connectivity index (χ1v) is 7.30. The number of nitrogens with zero attached hydrogens (tertiary/aromatic N) is 1. The summed E-state index contributed by atoms with van der Waals surface area (Å²) in [5.74, 6) is 0.109. The first-order valence-electron chi connectivity index (χ1n) is 7.30. The van der Waals surface area contributed by atoms with Crippen LogP contribution in [0.4, 0.5) is 0 Å². The molecule has 1 aromatic carbocycles. The first kappa shape index (κ1) is 15.9. The van der Waals surface area contributed by atoms with Gasteiger partial charge in [0, 0.05) is 12.1 Å². The summed E-state index contributed by atoms with van der Waals surface area (Å²) in [6.45, 7) is 9.72. The number of amides is 2. The Bertz CT molecular complexity index is 649. The molecule has 22 heavy (non-hydrogen) atoms. The minimum absolute atomic E-state index is 0.0861. The van der Waals surface area contributed by atoms with Gasteiger partial charge in [0.05, 0.1) is 5.56 Å². The van der Waals surface area contributed by atoms with E-state index in [0.717, 1.165) is 0 Å². The highest BCUT2D eigenvalue weighted by Gasteiger charge is 2.42. The first-order chi connectivity index (χ1) is 10.4. The van der Waals surface area contributed by atoms with Gasteiger partial charge in [0.2, 0.25) is 0 Å². The Kier molecular flexibility index (Phi) is 4.45. The van der Waals surface area contributed by atoms with Crippen LogP contribution in [0.1, 0.15) is 36.7 Å². The molecule has 0 saturated carbocycles. The molecule has 1 aliphatic heterocycles. The third kappa shape index (κ3) is 2.79. The van der Waals surface area contributed by atoms with Crippen LogP contribution < -0.4 is 10.6 Å². The highest BCUT2D eigenvalue weighted by molar-refractivity contribution is 6.17. The highest BCUT2D eigenvalue weighted by atomic mass is 16.2. The second-order valence-electron chi connectivity index (χ2n) is 5.79. The Balaban J connectivity index is 2.35. The second kappa shape index (κ2) is 6.13. The number of nitrogens with one attached hydrogen (secondary N) is 2. The maximum absolute atomic E-state index is 12.2. The average Bonchev–Trinajstić information content (AvgIpc) is 2.81. The van der Waals surface area contributed by atoms with Gasteiger partial charge in [-0.25, -0.2) is 0 Å². The lowest BCUT2D eigenvalue weighted by Crippen LogP contribution is -2.50. The van der Waals surface area contributed by atoms with Gasteiger partial charge in [-0.15, -0.1) is 6.58 Å². The van der Waals surface area contributed by atoms with E-state index in [1.165, 1.54) is 0 Å². The van der Waals surface area contributed by atoms with E-state index in [1.54, 1.807) is 24.3 Å². The Morgan fingerprint density at radius 2 is 2.14 bits per heavy atom. The fraction of sp³-hybridized carbons (Fsp3) is 0.353. The smallest absolute Gasteiger partial charge is 0.273 e. The molecule has 0 aliphatic carbocycles. The number of carbonyl (C=O) groups excluding carboxylic acids is 2. The maximum Gasteiger partial charge on any atom is 0.273 e. The zero-order valence-electron chi connectivity index (χ0n) is 13.1. The van der Waals surface area contributed by atoms with Crippen molar-refractivity contribution in [2.24, 2.45) is 10.9 Å². The molecule has 1 aromatic rings. The zero-order valence-corrected chi connectivity index (χ0v) is 13.1. The Hall–Kier alpha value is -2.43. The van der Waals surface area contributed by atoms with Crippen molar-refractivity contribution in [3.05, 3.63) is 48.0 Å². The molecule has 1 unspecified atom stereocenters. The summed E-state index contributed by atoms with van der Waals surface area (Å²) < 4.78 is 0. The molecule has 2 N–H and O–H groups in total. The van der Waals surface area contributed by atoms with Gasteiger partial charge in [0.25, 0.3) is 11.8 Å². The van der Waals surface area contributed by atoms with Gasteiger partial charge in [0.1, 0.15) is 11.4 Å². The van der Waals surface area contributed by atoms with Crippen LogP contribution in [0.2, 0.25) is 0 Å². The lowest BCUT2D eigenvalue weighted by atomic mass is 9.88. The summed E-state index contributed by atoms with van der Waals surface area (Å²) in [6.07, 6.45) is 1.62. The number of benzene rings is 1. The molecule has 1 atom stereocenters. The molecule has 0 bridgehead atoms. The minimum atomic E-state index is -0.736. The predicted molar refractivity (Wildman–Crippen MR) is 86.9 cm³/mol. The Morgan fingerprint density at radius 3 is 2.73 bits per heavy atom. The van der Waals surface area contributed by atoms with Crippen LogP contribution in [0.3, 0.4) is 0 Å². The summed E-state index contributed by atoms with van der Waals surface area (Å²) in [5.41, 5.74) is 0.373. The maximum atomic E-state index is 12.2. The van der Waals surface area contributed by atoms with Crippen LogP contribution in [0.15, 0.2) is 41.9 Å². The quantitative estimate of drug-likeness (QED) is 0.816. The summed E-state index contributed by atoms with van der Waals surface area (Å²) in [7, 11) is 0. The number of aliphatic imine (C=N–C) groups is 1. The summed E-state index contributed by atoms with van der Waals surface area (Å²) in [5, 5.41) is 5.93. The third-order valence-corrected chi connectivity index (χ3v) is 4.02. The molecule has 116 valence electrons. The topological polar surface area (TPSA) is 70.6 Å². The van der Waals surface area contributed by atoms with Crippen molar-refractivity contribution < 1.29 is 9.59 Å². The fourth-order valence-electron chi connectivity index (χ4n) is 2.21. The normalized spacial score (nSPS) is 20.5. The number of amidine groups is 1. The van der Waals surface area contributed by atoms with Crippen LogP contribution in [0, 0.1) is 5.92 Å². The number of hydrogen-bond donors (Lipinski definition) is 2. The summed E-state index contributed by atoms with van der Waals surface area (Å²) in [6, 6.07) is 7.10. The van der Waals surface area contributed by atoms with E-state index < -0.39 is 5.54 Å². The number of carbonyl (C=O) groups is 2. The molecular formula is C17H21N3O2. The van der Waals surface area contributed by atoms with E-state index in [9.17, 15) is 9.59 Å². The van der Waals surface area contributed by atoms with E-state index in [0.29, 0.717) is 23.5 Å². The molecular weight excluding hydrogens is 278 g/mol. The van der Waals surface area contributed by atoms with Crippen molar-refractivity contribution in [3.8, 4) is 0 Å². The van der Waals surface area contributed by atoms with Crippen LogP contribution in [-0.2, 0) is 4.79 Å². The van der Waals surface area contributed by atoms with Crippen molar-refractivity contribution in [2.45, 2.75) is 26.3 Å². The van der Waals surface area contributed by atoms with Gasteiger partial charge in [-0.3, -0.25) is 9.59 Å². The minimum Gasteiger partial charge on any atom is -0.355 e. The molecule has 0 spiro atoms. The van der Waals surface area contributed by atoms with Gasteiger partial charge < -0.3 is 10.6 Å². The molecule has 2 amide bonds. The lowest BCUT2D eigenvalue weighted by molar-refractivity contribution is -0.123. The van der Waals surface area contributed by atoms with Crippen LogP contribution in [0.25, 0.3) is 0 Å². The van der Waals surface area contributed by atoms with Gasteiger partial charge in [0.15, 0.2) is 0 Å². The summed E-state index contributed by atoms with van der Waals surface area (Å²) >= 11 is 0. The average molecular weight is 299 g/mol. The van der Waals surface area contributed by atoms with E-state index >= 15 is 0 Å². The molecule has 1 heterocycles. The predicted octanol–water partition coefficient (Wildman–Crippen LogP) is 1.89. The molecule has 0 radical (unpaired) electrons. The standard InChI is InChI=1S/C17H21N3O2/c1-5-10-18-15(21)13-9-7-6-8-12(13)14-19-16(22)17(4,20-14)11(2)3/h5-9,11H,1,10H2,2-4H3,(H,18,21)(H,19,20,22). The molecule has 0 saturated heterocycles. The largest absolute Gasteiger partial charge is 0.355 e. The second-order valence-corrected chi connectivity index (χ2v) is 5.79. The molecule has 0 aromatic heterocycles. The monoisotopic (exact) mass is 299 g/mol. The van der Waals surface area contributed by atoms with Gasteiger partial charge in [-0.1, -0.05) is 38.1 Å². The van der Waals surface area contributed by atoms with E-state index in [2.05, 4.69) is 22.2 Å². The van der Waals surface area contributed by atoms with Crippen LogP contribution >= 0.6 is 0 Å². The molecule has 2 rings (SSSR count).